The second-order valence-electron chi connectivity index (χ2n) is 7.37. The van der Waals surface area contributed by atoms with Crippen LogP contribution in [0.15, 0.2) is 64.2 Å². The summed E-state index contributed by atoms with van der Waals surface area (Å²) in [5, 5.41) is 6.36. The van der Waals surface area contributed by atoms with E-state index < -0.39 is 11.8 Å². The summed E-state index contributed by atoms with van der Waals surface area (Å²) in [5.41, 5.74) is 5.76. The van der Waals surface area contributed by atoms with Crippen LogP contribution in [0, 0.1) is 19.7 Å². The van der Waals surface area contributed by atoms with Gasteiger partial charge in [0.2, 0.25) is 0 Å². The first-order valence-electron chi connectivity index (χ1n) is 10.2. The maximum Gasteiger partial charge on any atom is 0.329 e. The lowest BCUT2D eigenvalue weighted by Crippen LogP contribution is -2.32. The molecular formula is C25H23BrFN3O4. The fraction of sp³-hybridized carbons (Fsp3) is 0.160. The van der Waals surface area contributed by atoms with E-state index in [-0.39, 0.29) is 12.4 Å². The zero-order chi connectivity index (χ0) is 24.7. The minimum absolute atomic E-state index is 0.0146. The second-order valence-corrected chi connectivity index (χ2v) is 8.22. The Morgan fingerprint density at radius 3 is 2.53 bits per heavy atom. The Morgan fingerprint density at radius 2 is 1.82 bits per heavy atom. The van der Waals surface area contributed by atoms with E-state index in [9.17, 15) is 14.0 Å². The van der Waals surface area contributed by atoms with Crippen LogP contribution in [0.3, 0.4) is 0 Å². The van der Waals surface area contributed by atoms with Crippen LogP contribution in [0.1, 0.15) is 22.3 Å². The molecule has 0 aliphatic carbocycles. The van der Waals surface area contributed by atoms with E-state index in [2.05, 4.69) is 31.8 Å². The third-order valence-electron chi connectivity index (χ3n) is 4.93. The number of anilines is 1. The third-order valence-corrected chi connectivity index (χ3v) is 5.52. The van der Waals surface area contributed by atoms with E-state index in [1.54, 1.807) is 42.5 Å². The average molecular weight is 528 g/mol. The topological polar surface area (TPSA) is 89.0 Å². The van der Waals surface area contributed by atoms with Crippen molar-refractivity contribution in [3.63, 3.8) is 0 Å². The third kappa shape index (κ3) is 6.41. The van der Waals surface area contributed by atoms with Crippen molar-refractivity contribution >= 4 is 39.6 Å². The van der Waals surface area contributed by atoms with Gasteiger partial charge in [-0.3, -0.25) is 9.59 Å². The summed E-state index contributed by atoms with van der Waals surface area (Å²) in [7, 11) is 1.47. The molecule has 34 heavy (non-hydrogen) atoms. The molecule has 0 aromatic heterocycles. The van der Waals surface area contributed by atoms with Crippen LogP contribution in [0.4, 0.5) is 10.1 Å². The molecule has 0 aliphatic heterocycles. The van der Waals surface area contributed by atoms with Gasteiger partial charge in [-0.15, -0.1) is 0 Å². The SMILES string of the molecule is COc1cc(/C=N/NC(=O)C(=O)Nc2ccc(C)c(C)c2)cc(Br)c1OCc1ccccc1F. The smallest absolute Gasteiger partial charge is 0.329 e. The Hall–Kier alpha value is -3.72. The number of carbonyl (C=O) groups excluding carboxylic acids is 2. The van der Waals surface area contributed by atoms with Gasteiger partial charge >= 0.3 is 11.8 Å². The molecule has 9 heteroatoms. The molecule has 0 fully saturated rings. The number of methoxy groups -OCH3 is 1. The number of ether oxygens (including phenoxy) is 2. The Kier molecular flexibility index (Phi) is 8.37. The Balaban J connectivity index is 1.63. The molecular weight excluding hydrogens is 505 g/mol. The number of benzene rings is 3. The summed E-state index contributed by atoms with van der Waals surface area (Å²) in [6, 6.07) is 15.0. The van der Waals surface area contributed by atoms with Crippen LogP contribution in [-0.4, -0.2) is 25.1 Å². The highest BCUT2D eigenvalue weighted by molar-refractivity contribution is 9.10. The molecule has 0 aliphatic rings. The van der Waals surface area contributed by atoms with Crippen molar-refractivity contribution < 1.29 is 23.5 Å². The molecule has 0 radical (unpaired) electrons. The number of carbonyl (C=O) groups is 2. The summed E-state index contributed by atoms with van der Waals surface area (Å²) >= 11 is 3.41. The normalized spacial score (nSPS) is 10.7. The van der Waals surface area contributed by atoms with Gasteiger partial charge in [-0.2, -0.15) is 5.10 Å². The largest absolute Gasteiger partial charge is 0.493 e. The molecule has 0 unspecified atom stereocenters. The first-order chi connectivity index (χ1) is 16.3. The van der Waals surface area contributed by atoms with Gasteiger partial charge in [0.15, 0.2) is 11.5 Å². The number of nitrogens with zero attached hydrogens (tertiary/aromatic N) is 1. The van der Waals surface area contributed by atoms with Gasteiger partial charge in [0.1, 0.15) is 12.4 Å². The number of rotatable bonds is 7. The molecule has 0 saturated carbocycles. The highest BCUT2D eigenvalue weighted by Crippen LogP contribution is 2.37. The number of aryl methyl sites for hydroxylation is 2. The number of amides is 2. The fourth-order valence-electron chi connectivity index (χ4n) is 2.94. The summed E-state index contributed by atoms with van der Waals surface area (Å²) < 4.78 is 25.5. The van der Waals surface area contributed by atoms with Gasteiger partial charge in [0.05, 0.1) is 17.8 Å². The zero-order valence-corrected chi connectivity index (χ0v) is 20.4. The van der Waals surface area contributed by atoms with Crippen LogP contribution >= 0.6 is 15.9 Å². The van der Waals surface area contributed by atoms with E-state index in [0.29, 0.717) is 32.8 Å². The van der Waals surface area contributed by atoms with E-state index >= 15 is 0 Å². The lowest BCUT2D eigenvalue weighted by atomic mass is 10.1. The first-order valence-corrected chi connectivity index (χ1v) is 11.0. The molecule has 0 bridgehead atoms. The van der Waals surface area contributed by atoms with Gasteiger partial charge in [-0.25, -0.2) is 9.82 Å². The maximum absolute atomic E-state index is 13.9. The quantitative estimate of drug-likeness (QED) is 0.260. The highest BCUT2D eigenvalue weighted by Gasteiger charge is 2.15. The summed E-state index contributed by atoms with van der Waals surface area (Å²) in [6.45, 7) is 3.89. The standard InChI is InChI=1S/C25H23BrFN3O4/c1-15-8-9-19(10-16(15)2)29-24(31)25(32)30-28-13-17-11-20(26)23(22(12-17)33-3)34-14-18-6-4-5-7-21(18)27/h4-13H,14H2,1-3H3,(H,29,31)(H,30,32)/b28-13+. The van der Waals surface area contributed by atoms with E-state index in [1.807, 2.05) is 19.9 Å². The highest BCUT2D eigenvalue weighted by atomic mass is 79.9. The molecule has 3 rings (SSSR count). The number of hydrogen-bond donors (Lipinski definition) is 2. The molecule has 7 nitrogen and oxygen atoms in total. The number of nitrogens with one attached hydrogen (secondary N) is 2. The van der Waals surface area contributed by atoms with Gasteiger partial charge < -0.3 is 14.8 Å². The average Bonchev–Trinajstić information content (AvgIpc) is 2.81. The monoisotopic (exact) mass is 527 g/mol. The van der Waals surface area contributed by atoms with Crippen LogP contribution < -0.4 is 20.2 Å². The maximum atomic E-state index is 13.9. The minimum atomic E-state index is -0.912. The lowest BCUT2D eigenvalue weighted by molar-refractivity contribution is -0.136. The number of hydrogen-bond acceptors (Lipinski definition) is 5. The molecule has 3 aromatic carbocycles. The minimum Gasteiger partial charge on any atom is -0.493 e. The summed E-state index contributed by atoms with van der Waals surface area (Å²) in [4.78, 5) is 24.2. The molecule has 0 saturated heterocycles. The summed E-state index contributed by atoms with van der Waals surface area (Å²) in [6.07, 6.45) is 1.36. The molecule has 176 valence electrons. The van der Waals surface area contributed by atoms with Gasteiger partial charge in [-0.05, 0) is 76.8 Å². The predicted octanol–water partition coefficient (Wildman–Crippen LogP) is 4.88. The van der Waals surface area contributed by atoms with Crippen LogP contribution in [0.2, 0.25) is 0 Å². The van der Waals surface area contributed by atoms with Crippen molar-refractivity contribution in [1.82, 2.24) is 5.43 Å². The van der Waals surface area contributed by atoms with Crippen LogP contribution in [-0.2, 0) is 16.2 Å². The van der Waals surface area contributed by atoms with E-state index in [1.165, 1.54) is 19.4 Å². The number of hydrazone groups is 1. The molecule has 0 spiro atoms. The van der Waals surface area contributed by atoms with Crippen molar-refractivity contribution in [3.05, 3.63) is 87.1 Å². The molecule has 0 atom stereocenters. The van der Waals surface area contributed by atoms with Crippen LogP contribution in [0.5, 0.6) is 11.5 Å². The van der Waals surface area contributed by atoms with Crippen molar-refractivity contribution in [3.8, 4) is 11.5 Å². The van der Waals surface area contributed by atoms with Crippen molar-refractivity contribution in [1.29, 1.82) is 0 Å². The van der Waals surface area contributed by atoms with E-state index in [0.717, 1.165) is 11.1 Å². The molecule has 3 aromatic rings. The second kappa shape index (κ2) is 11.4. The van der Waals surface area contributed by atoms with Crippen LogP contribution in [0.25, 0.3) is 0 Å². The number of halogens is 2. The lowest BCUT2D eigenvalue weighted by Gasteiger charge is -2.14. The predicted molar refractivity (Wildman–Crippen MR) is 132 cm³/mol. The van der Waals surface area contributed by atoms with Gasteiger partial charge in [-0.1, -0.05) is 24.3 Å². The van der Waals surface area contributed by atoms with Gasteiger partial charge in [0.25, 0.3) is 0 Å². The van der Waals surface area contributed by atoms with Crippen molar-refractivity contribution in [2.24, 2.45) is 5.10 Å². The molecule has 2 amide bonds. The zero-order valence-electron chi connectivity index (χ0n) is 18.8. The molecule has 2 N–H and O–H groups in total. The Morgan fingerprint density at radius 1 is 1.06 bits per heavy atom. The first kappa shape index (κ1) is 24.9. The van der Waals surface area contributed by atoms with Crippen molar-refractivity contribution in [2.75, 3.05) is 12.4 Å². The molecule has 0 heterocycles. The van der Waals surface area contributed by atoms with Crippen molar-refractivity contribution in [2.45, 2.75) is 20.5 Å². The summed E-state index contributed by atoms with van der Waals surface area (Å²) in [5.74, 6) is -1.34. The van der Waals surface area contributed by atoms with E-state index in [4.69, 9.17) is 9.47 Å². The fourth-order valence-corrected chi connectivity index (χ4v) is 3.52. The van der Waals surface area contributed by atoms with Gasteiger partial charge in [0, 0.05) is 11.3 Å². The Bertz CT molecular complexity index is 1250. The Labute approximate surface area is 205 Å².